The molecule has 5 nitrogen and oxygen atoms in total. The summed E-state index contributed by atoms with van der Waals surface area (Å²) in [6.45, 7) is 0. The number of hydrogen-bond acceptors (Lipinski definition) is 5. The third kappa shape index (κ3) is 5.95. The van der Waals surface area contributed by atoms with Crippen molar-refractivity contribution >= 4 is 0 Å². The summed E-state index contributed by atoms with van der Waals surface area (Å²) in [6.07, 6.45) is 0.918. The summed E-state index contributed by atoms with van der Waals surface area (Å²) in [4.78, 5) is 0. The third-order valence-electron chi connectivity index (χ3n) is 6.26. The van der Waals surface area contributed by atoms with E-state index in [1.165, 1.54) is 47.5 Å². The Hall–Kier alpha value is -5.21. The summed E-state index contributed by atoms with van der Waals surface area (Å²) in [6, 6.07) is 39.3. The number of nitrogens with zero attached hydrogens (tertiary/aromatic N) is 1. The molecule has 0 bridgehead atoms. The number of aromatic hydroxyl groups is 4. The van der Waals surface area contributed by atoms with E-state index in [0.717, 1.165) is 6.42 Å². The van der Waals surface area contributed by atoms with E-state index in [4.69, 9.17) is 5.11 Å². The van der Waals surface area contributed by atoms with Crippen LogP contribution in [0.5, 0.6) is 23.0 Å². The van der Waals surface area contributed by atoms with Gasteiger partial charge in [0.2, 0.25) is 0 Å². The second-order valence-electron chi connectivity index (χ2n) is 8.83. The molecular weight excluding hydrogens is 474 g/mol. The highest BCUT2D eigenvalue weighted by Crippen LogP contribution is 2.40. The highest BCUT2D eigenvalue weighted by Gasteiger charge is 2.36. The third-order valence-corrected chi connectivity index (χ3v) is 6.26. The number of phenols is 4. The average molecular weight is 502 g/mol. The first kappa shape index (κ1) is 25.9. The van der Waals surface area contributed by atoms with E-state index in [1.54, 1.807) is 48.5 Å². The van der Waals surface area contributed by atoms with Crippen molar-refractivity contribution < 1.29 is 20.4 Å². The molecular formula is C33H27NO4. The van der Waals surface area contributed by atoms with Crippen LogP contribution >= 0.6 is 0 Å². The van der Waals surface area contributed by atoms with Crippen LogP contribution in [0.3, 0.4) is 0 Å². The minimum absolute atomic E-state index is 0.113. The maximum absolute atomic E-state index is 10.1. The maximum atomic E-state index is 10.1. The lowest BCUT2D eigenvalue weighted by Crippen LogP contribution is -2.27. The second kappa shape index (κ2) is 11.7. The van der Waals surface area contributed by atoms with Gasteiger partial charge in [-0.05, 0) is 82.8 Å². The Balaban J connectivity index is 0.000000204. The van der Waals surface area contributed by atoms with Crippen molar-refractivity contribution in [2.24, 2.45) is 0 Å². The van der Waals surface area contributed by atoms with Gasteiger partial charge in [-0.25, -0.2) is 0 Å². The zero-order chi connectivity index (χ0) is 27.0. The van der Waals surface area contributed by atoms with Crippen molar-refractivity contribution in [3.8, 4) is 29.1 Å². The molecule has 0 aromatic heterocycles. The van der Waals surface area contributed by atoms with E-state index in [0.29, 0.717) is 22.4 Å². The Morgan fingerprint density at radius 2 is 0.763 bits per heavy atom. The van der Waals surface area contributed by atoms with E-state index in [-0.39, 0.29) is 17.2 Å². The minimum atomic E-state index is -1.13. The first-order valence-electron chi connectivity index (χ1n) is 12.0. The monoisotopic (exact) mass is 501 g/mol. The van der Waals surface area contributed by atoms with Gasteiger partial charge in [-0.1, -0.05) is 78.9 Å². The zero-order valence-corrected chi connectivity index (χ0v) is 20.6. The van der Waals surface area contributed by atoms with Crippen molar-refractivity contribution in [3.05, 3.63) is 155 Å². The highest BCUT2D eigenvalue weighted by molar-refractivity contribution is 5.58. The van der Waals surface area contributed by atoms with Crippen molar-refractivity contribution in [1.82, 2.24) is 0 Å². The van der Waals surface area contributed by atoms with E-state index in [2.05, 4.69) is 18.2 Å². The molecule has 0 unspecified atom stereocenters. The van der Waals surface area contributed by atoms with Gasteiger partial charge in [0.15, 0.2) is 0 Å². The predicted molar refractivity (Wildman–Crippen MR) is 147 cm³/mol. The van der Waals surface area contributed by atoms with E-state index in [9.17, 15) is 20.6 Å². The van der Waals surface area contributed by atoms with Crippen LogP contribution in [0.15, 0.2) is 127 Å². The zero-order valence-electron chi connectivity index (χ0n) is 20.6. The molecule has 0 aliphatic rings. The molecule has 0 aliphatic carbocycles. The molecule has 5 aromatic rings. The molecule has 0 heterocycles. The van der Waals surface area contributed by atoms with Gasteiger partial charge in [0.25, 0.3) is 0 Å². The fraction of sp³-hybridized carbons (Fsp3) is 0.0606. The fourth-order valence-electron chi connectivity index (χ4n) is 4.27. The minimum Gasteiger partial charge on any atom is -0.508 e. The van der Waals surface area contributed by atoms with Crippen LogP contribution in [0.1, 0.15) is 27.8 Å². The van der Waals surface area contributed by atoms with Crippen molar-refractivity contribution in [2.75, 3.05) is 0 Å². The number of benzene rings is 5. The SMILES string of the molecule is N#CC(c1ccc(O)cc1)(c1ccc(O)cc1)c1ccc(O)cc1.Oc1ccc(Cc2ccccc2)cc1. The second-order valence-corrected chi connectivity index (χ2v) is 8.83. The van der Waals surface area contributed by atoms with Crippen LogP contribution in [-0.2, 0) is 11.8 Å². The van der Waals surface area contributed by atoms with Gasteiger partial charge in [0.05, 0.1) is 6.07 Å². The predicted octanol–water partition coefficient (Wildman–Crippen LogP) is 6.64. The topological polar surface area (TPSA) is 105 Å². The molecule has 0 saturated heterocycles. The number of nitriles is 1. The van der Waals surface area contributed by atoms with Gasteiger partial charge in [-0.15, -0.1) is 0 Å². The van der Waals surface area contributed by atoms with Gasteiger partial charge in [-0.2, -0.15) is 5.26 Å². The summed E-state index contributed by atoms with van der Waals surface area (Å²) in [7, 11) is 0. The Morgan fingerprint density at radius 1 is 0.447 bits per heavy atom. The first-order chi connectivity index (χ1) is 18.4. The number of hydrogen-bond donors (Lipinski definition) is 4. The number of rotatable bonds is 5. The van der Waals surface area contributed by atoms with Gasteiger partial charge >= 0.3 is 0 Å². The lowest BCUT2D eigenvalue weighted by atomic mass is 9.70. The van der Waals surface area contributed by atoms with Crippen LogP contribution in [0, 0.1) is 11.3 Å². The van der Waals surface area contributed by atoms with Crippen LogP contribution < -0.4 is 0 Å². The van der Waals surface area contributed by atoms with Gasteiger partial charge in [0.1, 0.15) is 28.4 Å². The molecule has 0 fully saturated rings. The summed E-state index contributed by atoms with van der Waals surface area (Å²) < 4.78 is 0. The summed E-state index contributed by atoms with van der Waals surface area (Å²) in [5, 5.41) is 47.9. The molecule has 4 N–H and O–H groups in total. The van der Waals surface area contributed by atoms with Crippen molar-refractivity contribution in [3.63, 3.8) is 0 Å². The summed E-state index contributed by atoms with van der Waals surface area (Å²) in [5.41, 5.74) is 3.42. The standard InChI is InChI=1S/C20H15NO3.C13H12O/c21-13-20(14-1-7-17(22)8-2-14,15-3-9-18(23)10-4-15)16-5-11-19(24)12-6-16;14-13-8-6-12(7-9-13)10-11-4-2-1-3-5-11/h1-12,22-24H;1-9,14H,10H2. The fourth-order valence-corrected chi connectivity index (χ4v) is 4.27. The Morgan fingerprint density at radius 3 is 1.11 bits per heavy atom. The lowest BCUT2D eigenvalue weighted by molar-refractivity contribution is 0.474. The smallest absolute Gasteiger partial charge is 0.132 e. The van der Waals surface area contributed by atoms with Crippen LogP contribution in [0.4, 0.5) is 0 Å². The van der Waals surface area contributed by atoms with Gasteiger partial charge < -0.3 is 20.4 Å². The van der Waals surface area contributed by atoms with E-state index >= 15 is 0 Å². The Labute approximate surface area is 221 Å². The average Bonchev–Trinajstić information content (AvgIpc) is 2.94. The Bertz CT molecular complexity index is 1380. The molecule has 0 aliphatic heterocycles. The molecule has 0 spiro atoms. The number of phenolic OH excluding ortho intramolecular Hbond substituents is 4. The highest BCUT2D eigenvalue weighted by atomic mass is 16.3. The molecule has 0 amide bonds. The molecule has 5 heteroatoms. The first-order valence-corrected chi connectivity index (χ1v) is 12.0. The largest absolute Gasteiger partial charge is 0.508 e. The van der Waals surface area contributed by atoms with Crippen molar-refractivity contribution in [1.29, 1.82) is 5.26 Å². The molecule has 5 rings (SSSR count). The summed E-state index contributed by atoms with van der Waals surface area (Å²) in [5.74, 6) is 0.660. The lowest BCUT2D eigenvalue weighted by Gasteiger charge is -2.28. The quantitative estimate of drug-likeness (QED) is 0.202. The molecule has 0 saturated carbocycles. The molecule has 5 aromatic carbocycles. The molecule has 0 radical (unpaired) electrons. The van der Waals surface area contributed by atoms with Crippen LogP contribution in [0.2, 0.25) is 0 Å². The van der Waals surface area contributed by atoms with Gasteiger partial charge in [-0.3, -0.25) is 0 Å². The van der Waals surface area contributed by atoms with Gasteiger partial charge in [0, 0.05) is 0 Å². The molecule has 0 atom stereocenters. The maximum Gasteiger partial charge on any atom is 0.132 e. The Kier molecular flexibility index (Phi) is 7.95. The molecule has 38 heavy (non-hydrogen) atoms. The normalized spacial score (nSPS) is 10.6. The van der Waals surface area contributed by atoms with E-state index in [1.807, 2.05) is 30.3 Å². The van der Waals surface area contributed by atoms with Crippen LogP contribution in [-0.4, -0.2) is 20.4 Å². The molecule has 188 valence electrons. The van der Waals surface area contributed by atoms with Crippen LogP contribution in [0.25, 0.3) is 0 Å². The summed E-state index contributed by atoms with van der Waals surface area (Å²) >= 11 is 0. The van der Waals surface area contributed by atoms with Crippen molar-refractivity contribution in [2.45, 2.75) is 11.8 Å². The van der Waals surface area contributed by atoms with E-state index < -0.39 is 5.41 Å².